The van der Waals surface area contributed by atoms with E-state index in [1.165, 1.54) is 6.08 Å². The maximum absolute atomic E-state index is 12.1. The first-order valence-corrected chi connectivity index (χ1v) is 6.56. The number of hydrogen-bond donors (Lipinski definition) is 0. The second-order valence-electron chi connectivity index (χ2n) is 4.30. The third-order valence-electron chi connectivity index (χ3n) is 2.80. The number of methoxy groups -OCH3 is 2. The molecule has 0 heterocycles. The van der Waals surface area contributed by atoms with Crippen LogP contribution in [0.25, 0.3) is 6.08 Å². The van der Waals surface area contributed by atoms with Crippen LogP contribution < -0.4 is 9.47 Å². The summed E-state index contributed by atoms with van der Waals surface area (Å²) in [5, 5.41) is 0. The molecule has 1 rings (SSSR count). The minimum absolute atomic E-state index is 0.100. The van der Waals surface area contributed by atoms with Crippen LogP contribution in [-0.2, 0) is 4.79 Å². The van der Waals surface area contributed by atoms with E-state index in [2.05, 4.69) is 13.2 Å². The third-order valence-corrected chi connectivity index (χ3v) is 2.80. The van der Waals surface area contributed by atoms with Gasteiger partial charge in [-0.2, -0.15) is 0 Å². The number of carbonyl (C=O) groups is 1. The summed E-state index contributed by atoms with van der Waals surface area (Å²) in [6, 6.07) is 5.44. The number of amides is 1. The number of carbonyl (C=O) groups excluding carboxylic acids is 1. The summed E-state index contributed by atoms with van der Waals surface area (Å²) >= 11 is 0. The number of ether oxygens (including phenoxy) is 2. The van der Waals surface area contributed by atoms with Crippen molar-refractivity contribution in [1.29, 1.82) is 0 Å². The van der Waals surface area contributed by atoms with E-state index in [9.17, 15) is 4.79 Å². The Labute approximate surface area is 126 Å². The molecule has 1 aromatic carbocycles. The molecule has 4 heteroatoms. The molecule has 0 aliphatic carbocycles. The molecule has 0 aliphatic rings. The molecule has 0 saturated heterocycles. The zero-order valence-electron chi connectivity index (χ0n) is 12.5. The molecule has 0 saturated carbocycles. The Morgan fingerprint density at radius 2 is 1.62 bits per heavy atom. The van der Waals surface area contributed by atoms with Gasteiger partial charge in [-0.3, -0.25) is 4.79 Å². The standard InChI is InChI=1S/C17H21NO3/c1-5-9-18(10-6-2)17(19)8-7-14-11-15(20-3)13-16(12-14)21-4/h5-8,11-13H,1-2,9-10H2,3-4H3/b8-7+. The summed E-state index contributed by atoms with van der Waals surface area (Å²) in [6.45, 7) is 8.25. The van der Waals surface area contributed by atoms with Gasteiger partial charge in [0.15, 0.2) is 0 Å². The molecule has 1 aromatic rings. The summed E-state index contributed by atoms with van der Waals surface area (Å²) < 4.78 is 10.4. The Kier molecular flexibility index (Phi) is 6.81. The largest absolute Gasteiger partial charge is 0.497 e. The van der Waals surface area contributed by atoms with Gasteiger partial charge in [-0.1, -0.05) is 12.2 Å². The van der Waals surface area contributed by atoms with E-state index in [1.54, 1.807) is 43.4 Å². The van der Waals surface area contributed by atoms with Crippen molar-refractivity contribution in [2.75, 3.05) is 27.3 Å². The molecular weight excluding hydrogens is 266 g/mol. The van der Waals surface area contributed by atoms with Crippen LogP contribution in [0.3, 0.4) is 0 Å². The van der Waals surface area contributed by atoms with Crippen molar-refractivity contribution in [2.45, 2.75) is 0 Å². The van der Waals surface area contributed by atoms with E-state index in [0.29, 0.717) is 24.6 Å². The average molecular weight is 287 g/mol. The van der Waals surface area contributed by atoms with Crippen molar-refractivity contribution < 1.29 is 14.3 Å². The third kappa shape index (κ3) is 5.18. The van der Waals surface area contributed by atoms with Crippen LogP contribution in [0, 0.1) is 0 Å². The van der Waals surface area contributed by atoms with Gasteiger partial charge in [-0.25, -0.2) is 0 Å². The Bertz CT molecular complexity index is 503. The second kappa shape index (κ2) is 8.64. The molecule has 0 radical (unpaired) electrons. The molecule has 4 nitrogen and oxygen atoms in total. The van der Waals surface area contributed by atoms with Crippen molar-refractivity contribution in [2.24, 2.45) is 0 Å². The van der Waals surface area contributed by atoms with Crippen molar-refractivity contribution >= 4 is 12.0 Å². The predicted octanol–water partition coefficient (Wildman–Crippen LogP) is 2.92. The molecule has 21 heavy (non-hydrogen) atoms. The molecule has 0 aromatic heterocycles. The first-order valence-electron chi connectivity index (χ1n) is 6.56. The van der Waals surface area contributed by atoms with E-state index in [-0.39, 0.29) is 5.91 Å². The van der Waals surface area contributed by atoms with E-state index >= 15 is 0 Å². The smallest absolute Gasteiger partial charge is 0.247 e. The quantitative estimate of drug-likeness (QED) is 0.545. The van der Waals surface area contributed by atoms with E-state index in [0.717, 1.165) is 5.56 Å². The van der Waals surface area contributed by atoms with Gasteiger partial charge in [0, 0.05) is 25.2 Å². The predicted molar refractivity (Wildman–Crippen MR) is 85.6 cm³/mol. The SMILES string of the molecule is C=CCN(CC=C)C(=O)/C=C/c1cc(OC)cc(OC)c1. The van der Waals surface area contributed by atoms with Gasteiger partial charge < -0.3 is 14.4 Å². The highest BCUT2D eigenvalue weighted by molar-refractivity contribution is 5.92. The van der Waals surface area contributed by atoms with Gasteiger partial charge in [-0.05, 0) is 23.8 Å². The lowest BCUT2D eigenvalue weighted by Gasteiger charge is -2.16. The average Bonchev–Trinajstić information content (AvgIpc) is 2.51. The van der Waals surface area contributed by atoms with Gasteiger partial charge in [0.05, 0.1) is 14.2 Å². The zero-order valence-corrected chi connectivity index (χ0v) is 12.5. The summed E-state index contributed by atoms with van der Waals surface area (Å²) in [6.07, 6.45) is 6.61. The van der Waals surface area contributed by atoms with Crippen LogP contribution in [0.5, 0.6) is 11.5 Å². The lowest BCUT2D eigenvalue weighted by molar-refractivity contribution is -0.124. The lowest BCUT2D eigenvalue weighted by atomic mass is 10.2. The van der Waals surface area contributed by atoms with E-state index in [1.807, 2.05) is 12.1 Å². The molecule has 0 aliphatic heterocycles. The Morgan fingerprint density at radius 3 is 2.05 bits per heavy atom. The first-order chi connectivity index (χ1) is 10.1. The Hall–Kier alpha value is -2.49. The summed E-state index contributed by atoms with van der Waals surface area (Å²) in [7, 11) is 3.17. The summed E-state index contributed by atoms with van der Waals surface area (Å²) in [5.74, 6) is 1.25. The summed E-state index contributed by atoms with van der Waals surface area (Å²) in [5.41, 5.74) is 0.830. The van der Waals surface area contributed by atoms with Crippen LogP contribution in [-0.4, -0.2) is 38.1 Å². The minimum atomic E-state index is -0.100. The van der Waals surface area contributed by atoms with Crippen molar-refractivity contribution in [3.05, 3.63) is 55.1 Å². The molecule has 0 atom stereocenters. The van der Waals surface area contributed by atoms with Crippen LogP contribution in [0.2, 0.25) is 0 Å². The number of rotatable bonds is 8. The van der Waals surface area contributed by atoms with Crippen LogP contribution in [0.1, 0.15) is 5.56 Å². The molecule has 1 amide bonds. The topological polar surface area (TPSA) is 38.8 Å². The van der Waals surface area contributed by atoms with Gasteiger partial charge in [0.25, 0.3) is 0 Å². The first kappa shape index (κ1) is 16.6. The van der Waals surface area contributed by atoms with Crippen molar-refractivity contribution in [1.82, 2.24) is 4.90 Å². The maximum Gasteiger partial charge on any atom is 0.247 e. The van der Waals surface area contributed by atoms with Crippen LogP contribution in [0.4, 0.5) is 0 Å². The van der Waals surface area contributed by atoms with Crippen LogP contribution >= 0.6 is 0 Å². The number of nitrogens with zero attached hydrogens (tertiary/aromatic N) is 1. The second-order valence-corrected chi connectivity index (χ2v) is 4.30. The highest BCUT2D eigenvalue weighted by Gasteiger charge is 2.06. The molecule has 0 bridgehead atoms. The highest BCUT2D eigenvalue weighted by atomic mass is 16.5. The lowest BCUT2D eigenvalue weighted by Crippen LogP contribution is -2.29. The maximum atomic E-state index is 12.1. The van der Waals surface area contributed by atoms with Crippen molar-refractivity contribution in [3.63, 3.8) is 0 Å². The van der Waals surface area contributed by atoms with Gasteiger partial charge in [-0.15, -0.1) is 13.2 Å². The van der Waals surface area contributed by atoms with Gasteiger partial charge in [0.2, 0.25) is 5.91 Å². The highest BCUT2D eigenvalue weighted by Crippen LogP contribution is 2.23. The molecule has 0 spiro atoms. The Morgan fingerprint density at radius 1 is 1.10 bits per heavy atom. The monoisotopic (exact) mass is 287 g/mol. The van der Waals surface area contributed by atoms with Gasteiger partial charge in [0.1, 0.15) is 11.5 Å². The fourth-order valence-corrected chi connectivity index (χ4v) is 1.76. The molecule has 0 fully saturated rings. The Balaban J connectivity index is 2.89. The minimum Gasteiger partial charge on any atom is -0.497 e. The fourth-order valence-electron chi connectivity index (χ4n) is 1.76. The zero-order chi connectivity index (χ0) is 15.7. The fraction of sp³-hybridized carbons (Fsp3) is 0.235. The van der Waals surface area contributed by atoms with E-state index in [4.69, 9.17) is 9.47 Å². The van der Waals surface area contributed by atoms with Crippen molar-refractivity contribution in [3.8, 4) is 11.5 Å². The molecule has 0 N–H and O–H groups in total. The number of hydrogen-bond acceptors (Lipinski definition) is 3. The van der Waals surface area contributed by atoms with Gasteiger partial charge >= 0.3 is 0 Å². The molecule has 0 unspecified atom stereocenters. The molecular formula is C17H21NO3. The normalized spacial score (nSPS) is 10.2. The van der Waals surface area contributed by atoms with Crippen LogP contribution in [0.15, 0.2) is 49.6 Å². The number of benzene rings is 1. The summed E-state index contributed by atoms with van der Waals surface area (Å²) in [4.78, 5) is 13.7. The van der Waals surface area contributed by atoms with E-state index < -0.39 is 0 Å². The molecule has 112 valence electrons.